The third-order valence-corrected chi connectivity index (χ3v) is 8.48. The van der Waals surface area contributed by atoms with Gasteiger partial charge in [0.2, 0.25) is 6.79 Å². The number of amides is 1. The number of aromatic nitrogens is 1. The highest BCUT2D eigenvalue weighted by molar-refractivity contribution is 5.98. The zero-order chi connectivity index (χ0) is 30.1. The molecule has 3 fully saturated rings. The third-order valence-electron chi connectivity index (χ3n) is 8.48. The van der Waals surface area contributed by atoms with Crippen molar-refractivity contribution in [2.45, 2.75) is 110 Å². The summed E-state index contributed by atoms with van der Waals surface area (Å²) in [6.45, 7) is 7.78. The number of carbonyl (C=O) groups excluding carboxylic acids is 3. The Hall–Kier alpha value is -2.88. The first-order valence-electron chi connectivity index (χ1n) is 15.8. The minimum Gasteiger partial charge on any atom is -0.490 e. The van der Waals surface area contributed by atoms with Gasteiger partial charge in [-0.25, -0.2) is 9.78 Å². The number of carbonyl (C=O) groups is 3. The summed E-state index contributed by atoms with van der Waals surface area (Å²) in [4.78, 5) is 43.0. The van der Waals surface area contributed by atoms with Crippen molar-refractivity contribution in [3.8, 4) is 11.5 Å². The van der Waals surface area contributed by atoms with Crippen LogP contribution in [0.1, 0.15) is 102 Å². The highest BCUT2D eigenvalue weighted by atomic mass is 16.7. The summed E-state index contributed by atoms with van der Waals surface area (Å²) in [5.74, 6) is 0.111. The Morgan fingerprint density at radius 1 is 1.05 bits per heavy atom. The van der Waals surface area contributed by atoms with E-state index in [1.54, 1.807) is 26.8 Å². The van der Waals surface area contributed by atoms with Crippen LogP contribution in [0.2, 0.25) is 0 Å². The normalized spacial score (nSPS) is 25.2. The predicted molar refractivity (Wildman–Crippen MR) is 155 cm³/mol. The molecule has 1 aliphatic heterocycles. The molecule has 2 heterocycles. The van der Waals surface area contributed by atoms with Crippen LogP contribution in [0.15, 0.2) is 12.3 Å². The van der Waals surface area contributed by atoms with E-state index in [9.17, 15) is 14.4 Å². The molecule has 1 aromatic rings. The Kier molecular flexibility index (Phi) is 11.9. The van der Waals surface area contributed by atoms with Gasteiger partial charge in [0, 0.05) is 18.9 Å². The lowest BCUT2D eigenvalue weighted by atomic mass is 9.83. The summed E-state index contributed by atoms with van der Waals surface area (Å²) in [7, 11) is 0. The van der Waals surface area contributed by atoms with Gasteiger partial charge in [0.05, 0.1) is 18.6 Å². The average Bonchev–Trinajstić information content (AvgIpc) is 3.64. The first-order valence-corrected chi connectivity index (χ1v) is 15.8. The third kappa shape index (κ3) is 9.06. The van der Waals surface area contributed by atoms with Crippen LogP contribution in [0.4, 0.5) is 0 Å². The molecule has 10 heteroatoms. The van der Waals surface area contributed by atoms with Crippen LogP contribution >= 0.6 is 0 Å². The summed E-state index contributed by atoms with van der Waals surface area (Å²) in [5, 5.41) is 2.83. The Labute approximate surface area is 249 Å². The van der Waals surface area contributed by atoms with E-state index in [2.05, 4.69) is 10.3 Å². The first kappa shape index (κ1) is 32.0. The fourth-order valence-corrected chi connectivity index (χ4v) is 5.98. The van der Waals surface area contributed by atoms with E-state index in [-0.39, 0.29) is 29.2 Å². The summed E-state index contributed by atoms with van der Waals surface area (Å²) >= 11 is 0. The van der Waals surface area contributed by atoms with Gasteiger partial charge >= 0.3 is 11.9 Å². The van der Waals surface area contributed by atoms with E-state index in [0.29, 0.717) is 37.4 Å². The second kappa shape index (κ2) is 15.5. The van der Waals surface area contributed by atoms with Crippen molar-refractivity contribution in [2.24, 2.45) is 23.7 Å². The van der Waals surface area contributed by atoms with E-state index in [1.165, 1.54) is 44.7 Å². The number of esters is 2. The molecule has 2 saturated carbocycles. The summed E-state index contributed by atoms with van der Waals surface area (Å²) in [5.41, 5.74) is -0.0629. The number of hydrogen-bond donors (Lipinski definition) is 1. The van der Waals surface area contributed by atoms with Gasteiger partial charge < -0.3 is 29.0 Å². The molecule has 42 heavy (non-hydrogen) atoms. The molecule has 0 spiro atoms. The number of pyridine rings is 1. The minimum atomic E-state index is -0.849. The van der Waals surface area contributed by atoms with Gasteiger partial charge in [-0.15, -0.1) is 0 Å². The molecular formula is C32H48N2O8. The van der Waals surface area contributed by atoms with E-state index in [0.717, 1.165) is 19.3 Å². The molecule has 0 aromatic carbocycles. The Balaban J connectivity index is 1.46. The second-order valence-electron chi connectivity index (χ2n) is 12.3. The van der Waals surface area contributed by atoms with Crippen LogP contribution in [0, 0.1) is 23.7 Å². The highest BCUT2D eigenvalue weighted by Gasteiger charge is 2.38. The molecule has 234 valence electrons. The van der Waals surface area contributed by atoms with Crippen molar-refractivity contribution in [2.75, 3.05) is 20.0 Å². The zero-order valence-electron chi connectivity index (χ0n) is 25.6. The largest absolute Gasteiger partial charge is 0.490 e. The Morgan fingerprint density at radius 3 is 2.50 bits per heavy atom. The van der Waals surface area contributed by atoms with Gasteiger partial charge in [-0.05, 0) is 63.7 Å². The molecule has 3 aliphatic rings. The number of rotatable bonds is 13. The first-order chi connectivity index (χ1) is 20.3. The molecule has 1 aromatic heterocycles. The van der Waals surface area contributed by atoms with Crippen LogP contribution in [-0.4, -0.2) is 61.1 Å². The standard InChI is InChI=1S/C32H48N2O8/c1-5-38-26-15-16-33-27(29(26)40-19-41-31(36)20(2)3)30(35)34-25-12-8-11-24(17-22-9-6-7-10-22)28(21(4)42-32(25)37)39-18-23-13-14-23/h15-16,20-25,28H,5-14,17-19H2,1-4H3,(H,34,35). The number of hydrogen-bond acceptors (Lipinski definition) is 9. The van der Waals surface area contributed by atoms with Crippen molar-refractivity contribution in [1.29, 1.82) is 0 Å². The molecule has 4 rings (SSSR count). The second-order valence-corrected chi connectivity index (χ2v) is 12.3. The van der Waals surface area contributed by atoms with Gasteiger partial charge in [0.25, 0.3) is 5.91 Å². The maximum atomic E-state index is 13.5. The molecule has 0 radical (unpaired) electrons. The van der Waals surface area contributed by atoms with Crippen molar-refractivity contribution in [1.82, 2.24) is 10.3 Å². The molecule has 4 atom stereocenters. The molecule has 2 aliphatic carbocycles. The number of nitrogens with zero attached hydrogens (tertiary/aromatic N) is 1. The number of cyclic esters (lactones) is 1. The quantitative estimate of drug-likeness (QED) is 0.244. The lowest BCUT2D eigenvalue weighted by molar-refractivity contribution is -0.161. The minimum absolute atomic E-state index is 0.0448. The lowest BCUT2D eigenvalue weighted by Gasteiger charge is -2.32. The fraction of sp³-hybridized carbons (Fsp3) is 0.750. The molecule has 1 N–H and O–H groups in total. The van der Waals surface area contributed by atoms with Crippen LogP contribution in [0.25, 0.3) is 0 Å². The SMILES string of the molecule is CCOc1ccnc(C(=O)NC2CCCC(CC3CCCC3)C(OCC3CC3)C(C)OC2=O)c1OCOC(=O)C(C)C. The molecule has 1 amide bonds. The van der Waals surface area contributed by atoms with Gasteiger partial charge in [0.15, 0.2) is 17.2 Å². The summed E-state index contributed by atoms with van der Waals surface area (Å²) in [6.07, 6.45) is 11.6. The maximum Gasteiger partial charge on any atom is 0.329 e. The average molecular weight is 589 g/mol. The maximum absolute atomic E-state index is 13.5. The van der Waals surface area contributed by atoms with Crippen LogP contribution in [0.3, 0.4) is 0 Å². The number of ether oxygens (including phenoxy) is 5. The summed E-state index contributed by atoms with van der Waals surface area (Å²) in [6, 6.07) is 0.723. The van der Waals surface area contributed by atoms with Gasteiger partial charge in [0.1, 0.15) is 12.1 Å². The molecule has 1 saturated heterocycles. The van der Waals surface area contributed by atoms with Crippen molar-refractivity contribution >= 4 is 17.8 Å². The monoisotopic (exact) mass is 588 g/mol. The molecule has 4 unspecified atom stereocenters. The van der Waals surface area contributed by atoms with Crippen LogP contribution < -0.4 is 14.8 Å². The van der Waals surface area contributed by atoms with E-state index >= 15 is 0 Å². The fourth-order valence-electron chi connectivity index (χ4n) is 5.98. The van der Waals surface area contributed by atoms with Crippen molar-refractivity contribution < 1.29 is 38.1 Å². The van der Waals surface area contributed by atoms with Crippen LogP contribution in [-0.2, 0) is 23.8 Å². The van der Waals surface area contributed by atoms with Crippen molar-refractivity contribution in [3.63, 3.8) is 0 Å². The van der Waals surface area contributed by atoms with Gasteiger partial charge in [-0.3, -0.25) is 9.59 Å². The predicted octanol–water partition coefficient (Wildman–Crippen LogP) is 5.22. The highest BCUT2D eigenvalue weighted by Crippen LogP contribution is 2.37. The van der Waals surface area contributed by atoms with Crippen LogP contribution in [0.5, 0.6) is 11.5 Å². The molecule has 10 nitrogen and oxygen atoms in total. The molecule has 0 bridgehead atoms. The van der Waals surface area contributed by atoms with E-state index in [4.69, 9.17) is 23.7 Å². The molecular weight excluding hydrogens is 540 g/mol. The summed E-state index contributed by atoms with van der Waals surface area (Å²) < 4.78 is 28.9. The van der Waals surface area contributed by atoms with Crippen molar-refractivity contribution in [3.05, 3.63) is 18.0 Å². The Morgan fingerprint density at radius 2 is 1.81 bits per heavy atom. The lowest BCUT2D eigenvalue weighted by Crippen LogP contribution is -2.44. The topological polar surface area (TPSA) is 122 Å². The van der Waals surface area contributed by atoms with Gasteiger partial charge in [-0.2, -0.15) is 0 Å². The number of nitrogens with one attached hydrogen (secondary N) is 1. The Bertz CT molecular complexity index is 1050. The van der Waals surface area contributed by atoms with E-state index in [1.807, 2.05) is 6.92 Å². The van der Waals surface area contributed by atoms with Gasteiger partial charge in [-0.1, -0.05) is 46.0 Å². The van der Waals surface area contributed by atoms with E-state index < -0.39 is 36.8 Å². The smallest absolute Gasteiger partial charge is 0.329 e. The zero-order valence-corrected chi connectivity index (χ0v) is 25.6.